The first-order valence-electron chi connectivity index (χ1n) is 8.43. The zero-order valence-corrected chi connectivity index (χ0v) is 14.8. The van der Waals surface area contributed by atoms with E-state index in [0.717, 1.165) is 16.7 Å². The molecule has 0 spiro atoms. The van der Waals surface area contributed by atoms with E-state index >= 15 is 0 Å². The van der Waals surface area contributed by atoms with Crippen LogP contribution in [0.5, 0.6) is 0 Å². The zero-order valence-electron chi connectivity index (χ0n) is 14.8. The van der Waals surface area contributed by atoms with Crippen LogP contribution in [0.3, 0.4) is 0 Å². The molecule has 0 aliphatic carbocycles. The van der Waals surface area contributed by atoms with Crippen LogP contribution in [0.4, 0.5) is 10.5 Å². The molecule has 1 aromatic heterocycles. The fraction of sp³-hybridized carbons (Fsp3) is 0.150. The van der Waals surface area contributed by atoms with E-state index in [2.05, 4.69) is 15.6 Å². The third-order valence-electron chi connectivity index (χ3n) is 4.16. The van der Waals surface area contributed by atoms with Crippen molar-refractivity contribution in [2.24, 2.45) is 5.73 Å². The molecule has 0 bridgehead atoms. The number of amides is 3. The normalized spacial score (nSPS) is 11.6. The van der Waals surface area contributed by atoms with Crippen molar-refractivity contribution in [2.75, 3.05) is 5.32 Å². The van der Waals surface area contributed by atoms with E-state index in [4.69, 9.17) is 10.2 Å². The maximum absolute atomic E-state index is 12.5. The highest BCUT2D eigenvalue weighted by Gasteiger charge is 2.19. The highest BCUT2D eigenvalue weighted by Crippen LogP contribution is 2.23. The van der Waals surface area contributed by atoms with Crippen molar-refractivity contribution >= 4 is 17.6 Å². The molecule has 2 aromatic carbocycles. The van der Waals surface area contributed by atoms with Gasteiger partial charge < -0.3 is 20.8 Å². The first kappa shape index (κ1) is 18.2. The summed E-state index contributed by atoms with van der Waals surface area (Å²) in [6.07, 6.45) is 3.05. The van der Waals surface area contributed by atoms with E-state index in [1.54, 1.807) is 18.3 Å². The minimum Gasteiger partial charge on any atom is -0.444 e. The van der Waals surface area contributed by atoms with E-state index in [-0.39, 0.29) is 12.3 Å². The van der Waals surface area contributed by atoms with Crippen molar-refractivity contribution < 1.29 is 14.0 Å². The molecule has 0 aliphatic rings. The summed E-state index contributed by atoms with van der Waals surface area (Å²) in [7, 11) is 0. The Kier molecular flexibility index (Phi) is 5.51. The van der Waals surface area contributed by atoms with Crippen molar-refractivity contribution in [1.82, 2.24) is 10.3 Å². The Morgan fingerprint density at radius 3 is 2.52 bits per heavy atom. The first-order valence-corrected chi connectivity index (χ1v) is 8.43. The molecule has 138 valence electrons. The van der Waals surface area contributed by atoms with Crippen molar-refractivity contribution in [2.45, 2.75) is 19.4 Å². The lowest BCUT2D eigenvalue weighted by Crippen LogP contribution is -2.35. The Balaban J connectivity index is 1.69. The number of anilines is 1. The van der Waals surface area contributed by atoms with Crippen LogP contribution in [0, 0.1) is 6.92 Å². The molecule has 4 N–H and O–H groups in total. The van der Waals surface area contributed by atoms with Crippen molar-refractivity contribution in [3.8, 4) is 11.3 Å². The molecule has 0 saturated carbocycles. The molecule has 1 unspecified atom stereocenters. The Labute approximate surface area is 156 Å². The van der Waals surface area contributed by atoms with Gasteiger partial charge in [-0.05, 0) is 42.3 Å². The van der Waals surface area contributed by atoms with E-state index < -0.39 is 12.1 Å². The highest BCUT2D eigenvalue weighted by atomic mass is 16.3. The third kappa shape index (κ3) is 4.72. The van der Waals surface area contributed by atoms with Gasteiger partial charge in [0.05, 0.1) is 18.7 Å². The van der Waals surface area contributed by atoms with Gasteiger partial charge >= 0.3 is 6.03 Å². The smallest absolute Gasteiger partial charge is 0.312 e. The van der Waals surface area contributed by atoms with Crippen LogP contribution in [0.2, 0.25) is 0 Å². The number of benzene rings is 2. The number of urea groups is 1. The molecule has 3 rings (SSSR count). The van der Waals surface area contributed by atoms with Crippen LogP contribution in [-0.2, 0) is 4.79 Å². The predicted molar refractivity (Wildman–Crippen MR) is 102 cm³/mol. The number of aryl methyl sites for hydroxylation is 1. The van der Waals surface area contributed by atoms with E-state index in [9.17, 15) is 9.59 Å². The van der Waals surface area contributed by atoms with Gasteiger partial charge in [0.2, 0.25) is 5.91 Å². The topological polar surface area (TPSA) is 110 Å². The molecule has 0 saturated heterocycles. The molecule has 0 fully saturated rings. The molecule has 0 aliphatic heterocycles. The first-order chi connectivity index (χ1) is 13.0. The van der Waals surface area contributed by atoms with Gasteiger partial charge in [-0.2, -0.15) is 0 Å². The fourth-order valence-corrected chi connectivity index (χ4v) is 2.86. The molecule has 1 atom stereocenters. The van der Waals surface area contributed by atoms with E-state index in [0.29, 0.717) is 11.4 Å². The third-order valence-corrected chi connectivity index (χ3v) is 4.16. The number of nitrogens with zero attached hydrogens (tertiary/aromatic N) is 1. The minimum absolute atomic E-state index is 0.0671. The van der Waals surface area contributed by atoms with Crippen LogP contribution in [0.1, 0.15) is 23.6 Å². The number of hydrogen-bond acceptors (Lipinski definition) is 4. The second kappa shape index (κ2) is 8.18. The summed E-state index contributed by atoms with van der Waals surface area (Å²) in [5, 5.41) is 5.47. The number of carbonyl (C=O) groups is 2. The average Bonchev–Trinajstić information content (AvgIpc) is 3.16. The second-order valence-corrected chi connectivity index (χ2v) is 6.11. The number of nitrogens with two attached hydrogens (primary N) is 1. The lowest BCUT2D eigenvalue weighted by atomic mass is 9.98. The zero-order chi connectivity index (χ0) is 19.2. The Hall–Kier alpha value is -3.61. The number of carbonyl (C=O) groups excluding carboxylic acids is 2. The summed E-state index contributed by atoms with van der Waals surface area (Å²) in [5.41, 5.74) is 8.61. The van der Waals surface area contributed by atoms with Gasteiger partial charge in [-0.3, -0.25) is 4.79 Å². The molecule has 7 heteroatoms. The lowest BCUT2D eigenvalue weighted by Gasteiger charge is -2.19. The summed E-state index contributed by atoms with van der Waals surface area (Å²) in [4.78, 5) is 27.7. The standard InChI is InChI=1S/C20H20N4O3/c1-13-4-2-3-5-16(13)17(24-20(21)26)10-19(25)23-15-8-6-14(7-9-15)18-11-22-12-27-18/h2-9,11-12,17H,10H2,1H3,(H,23,25)(H3,21,24,26). The quantitative estimate of drug-likeness (QED) is 0.622. The molecule has 7 nitrogen and oxygen atoms in total. The van der Waals surface area contributed by atoms with Crippen molar-refractivity contribution in [3.05, 3.63) is 72.2 Å². The van der Waals surface area contributed by atoms with Gasteiger partial charge in [-0.25, -0.2) is 9.78 Å². The van der Waals surface area contributed by atoms with Crippen LogP contribution >= 0.6 is 0 Å². The summed E-state index contributed by atoms with van der Waals surface area (Å²) < 4.78 is 5.24. The summed E-state index contributed by atoms with van der Waals surface area (Å²) in [6, 6.07) is 13.6. The van der Waals surface area contributed by atoms with Crippen LogP contribution in [0.25, 0.3) is 11.3 Å². The highest BCUT2D eigenvalue weighted by molar-refractivity contribution is 5.91. The molecule has 1 heterocycles. The summed E-state index contributed by atoms with van der Waals surface area (Å²) in [5.74, 6) is 0.419. The predicted octanol–water partition coefficient (Wildman–Crippen LogP) is 3.39. The minimum atomic E-state index is -0.674. The number of rotatable bonds is 6. The Morgan fingerprint density at radius 2 is 1.89 bits per heavy atom. The van der Waals surface area contributed by atoms with Crippen LogP contribution < -0.4 is 16.4 Å². The van der Waals surface area contributed by atoms with Gasteiger partial charge in [0.25, 0.3) is 0 Å². The number of primary amides is 1. The fourth-order valence-electron chi connectivity index (χ4n) is 2.86. The number of hydrogen-bond donors (Lipinski definition) is 3. The van der Waals surface area contributed by atoms with E-state index in [1.807, 2.05) is 43.3 Å². The SMILES string of the molecule is Cc1ccccc1C(CC(=O)Nc1ccc(-c2cnco2)cc1)NC(N)=O. The van der Waals surface area contributed by atoms with Crippen LogP contribution in [0.15, 0.2) is 65.5 Å². The number of aromatic nitrogens is 1. The second-order valence-electron chi connectivity index (χ2n) is 6.11. The van der Waals surface area contributed by atoms with Crippen molar-refractivity contribution in [3.63, 3.8) is 0 Å². The number of nitrogens with one attached hydrogen (secondary N) is 2. The average molecular weight is 364 g/mol. The van der Waals surface area contributed by atoms with Gasteiger partial charge in [0.15, 0.2) is 12.2 Å². The molecule has 3 amide bonds. The summed E-state index contributed by atoms with van der Waals surface area (Å²) in [6.45, 7) is 1.92. The maximum atomic E-state index is 12.5. The molecule has 0 radical (unpaired) electrons. The van der Waals surface area contributed by atoms with Crippen molar-refractivity contribution in [1.29, 1.82) is 0 Å². The van der Waals surface area contributed by atoms with Gasteiger partial charge in [0.1, 0.15) is 0 Å². The van der Waals surface area contributed by atoms with Gasteiger partial charge in [0, 0.05) is 11.3 Å². The lowest BCUT2D eigenvalue weighted by molar-refractivity contribution is -0.116. The Morgan fingerprint density at radius 1 is 1.15 bits per heavy atom. The number of oxazole rings is 1. The van der Waals surface area contributed by atoms with Gasteiger partial charge in [-0.1, -0.05) is 24.3 Å². The largest absolute Gasteiger partial charge is 0.444 e. The Bertz CT molecular complexity index is 921. The maximum Gasteiger partial charge on any atom is 0.312 e. The molecule has 27 heavy (non-hydrogen) atoms. The molecule has 3 aromatic rings. The monoisotopic (exact) mass is 364 g/mol. The van der Waals surface area contributed by atoms with E-state index in [1.165, 1.54) is 6.39 Å². The van der Waals surface area contributed by atoms with Gasteiger partial charge in [-0.15, -0.1) is 0 Å². The molecular weight excluding hydrogens is 344 g/mol. The van der Waals surface area contributed by atoms with Crippen LogP contribution in [-0.4, -0.2) is 16.9 Å². The summed E-state index contributed by atoms with van der Waals surface area (Å²) >= 11 is 0. The molecular formula is C20H20N4O3.